The molecule has 4 rings (SSSR count). The van der Waals surface area contributed by atoms with Crippen molar-refractivity contribution in [3.8, 4) is 0 Å². The van der Waals surface area contributed by atoms with Gasteiger partial charge in [-0.25, -0.2) is 8.42 Å². The third-order valence-corrected chi connectivity index (χ3v) is 9.46. The summed E-state index contributed by atoms with van der Waals surface area (Å²) in [4.78, 5) is 58.7. The van der Waals surface area contributed by atoms with Gasteiger partial charge in [0.15, 0.2) is 0 Å². The number of benzene rings is 2. The summed E-state index contributed by atoms with van der Waals surface area (Å²) in [5, 5.41) is 6.69. The number of carbonyl (C=O) groups excluding carboxylic acids is 4. The summed E-state index contributed by atoms with van der Waals surface area (Å²) in [6.07, 6.45) is 0. The molecule has 2 aromatic carbocycles. The summed E-state index contributed by atoms with van der Waals surface area (Å²) in [6, 6.07) is 7.21. The number of fused-ring (bicyclic) bond motifs is 2. The van der Waals surface area contributed by atoms with Gasteiger partial charge in [-0.1, -0.05) is 10.2 Å². The van der Waals surface area contributed by atoms with Gasteiger partial charge in [0.25, 0.3) is 23.6 Å². The van der Waals surface area contributed by atoms with E-state index in [1.807, 2.05) is 0 Å². The zero-order chi connectivity index (χ0) is 38.1. The maximum atomic E-state index is 13.6. The maximum absolute atomic E-state index is 13.6. The number of rotatable bonds is 26. The maximum Gasteiger partial charge on any atom is 0.261 e. The minimum atomic E-state index is -4.28. The first kappa shape index (κ1) is 40.8. The highest BCUT2D eigenvalue weighted by Crippen LogP contribution is 2.31. The minimum absolute atomic E-state index is 0.0288. The lowest BCUT2D eigenvalue weighted by Gasteiger charge is -2.14. The van der Waals surface area contributed by atoms with E-state index in [-0.39, 0.29) is 111 Å². The number of hydrogen-bond acceptors (Lipinski definition) is 14. The SMILES string of the molecule is [N-]=[N+]=NCCOCCOCCOCCN1C(=O)c2ccc(S(=O)(=O)c3ccc4c(c3)C(=O)N(CCOCCOCCOCCN=[N+]=[N-])C4=O)cc2C1=O. The molecule has 0 atom stereocenters. The van der Waals surface area contributed by atoms with Crippen molar-refractivity contribution >= 4 is 33.5 Å². The minimum Gasteiger partial charge on any atom is -0.379 e. The highest BCUT2D eigenvalue weighted by atomic mass is 32.2. The summed E-state index contributed by atoms with van der Waals surface area (Å²) in [5.41, 5.74) is 16.3. The number of nitrogens with zero attached hydrogens (tertiary/aromatic N) is 8. The molecule has 4 amide bonds. The van der Waals surface area contributed by atoms with Gasteiger partial charge in [0.05, 0.1) is 124 Å². The van der Waals surface area contributed by atoms with Crippen LogP contribution in [-0.4, -0.2) is 147 Å². The lowest BCUT2D eigenvalue weighted by atomic mass is 10.1. The molecule has 20 nitrogen and oxygen atoms in total. The van der Waals surface area contributed by atoms with Gasteiger partial charge >= 0.3 is 0 Å². The van der Waals surface area contributed by atoms with Crippen LogP contribution >= 0.6 is 0 Å². The molecular formula is C32H38N8O12S. The zero-order valence-corrected chi connectivity index (χ0v) is 29.5. The van der Waals surface area contributed by atoms with E-state index in [0.717, 1.165) is 21.9 Å². The summed E-state index contributed by atoms with van der Waals surface area (Å²) in [6.45, 7) is 3.07. The van der Waals surface area contributed by atoms with E-state index in [1.54, 1.807) is 0 Å². The largest absolute Gasteiger partial charge is 0.379 e. The van der Waals surface area contributed by atoms with Crippen molar-refractivity contribution in [3.05, 3.63) is 79.5 Å². The molecule has 2 heterocycles. The van der Waals surface area contributed by atoms with Crippen molar-refractivity contribution in [1.29, 1.82) is 0 Å². The highest BCUT2D eigenvalue weighted by Gasteiger charge is 2.38. The Morgan fingerprint density at radius 3 is 1.17 bits per heavy atom. The van der Waals surface area contributed by atoms with Crippen molar-refractivity contribution in [2.45, 2.75) is 9.79 Å². The molecule has 284 valence electrons. The number of ether oxygens (including phenoxy) is 6. The van der Waals surface area contributed by atoms with E-state index >= 15 is 0 Å². The van der Waals surface area contributed by atoms with Crippen molar-refractivity contribution < 1.29 is 56.0 Å². The smallest absolute Gasteiger partial charge is 0.261 e. The number of imide groups is 2. The van der Waals surface area contributed by atoms with Gasteiger partial charge in [0, 0.05) is 22.9 Å². The third-order valence-electron chi connectivity index (χ3n) is 7.71. The molecule has 0 fully saturated rings. The molecule has 0 unspecified atom stereocenters. The summed E-state index contributed by atoms with van der Waals surface area (Å²) in [5.74, 6) is -2.52. The summed E-state index contributed by atoms with van der Waals surface area (Å²) < 4.78 is 59.3. The fourth-order valence-corrected chi connectivity index (χ4v) is 6.42. The monoisotopic (exact) mass is 758 g/mol. The second kappa shape index (κ2) is 20.9. The summed E-state index contributed by atoms with van der Waals surface area (Å²) in [7, 11) is -4.28. The Bertz CT molecular complexity index is 1720. The zero-order valence-electron chi connectivity index (χ0n) is 28.7. The standard InChI is InChI=1S/C32H38N8O12S/c33-37-35-5-9-47-13-17-51-19-15-49-11-7-39-29(41)25-3-1-23(21-27(25)31(39)43)53(45,46)24-2-4-26-28(22-24)32(44)40(30(26)42)8-12-50-16-20-52-18-14-48-10-6-36-38-34/h1-4,21-22H,5-20H2. The first-order chi connectivity index (χ1) is 25.7. The lowest BCUT2D eigenvalue weighted by molar-refractivity contribution is 0.0123. The molecule has 53 heavy (non-hydrogen) atoms. The lowest BCUT2D eigenvalue weighted by Crippen LogP contribution is -2.33. The molecule has 0 N–H and O–H groups in total. The molecule has 21 heteroatoms. The quantitative estimate of drug-likeness (QED) is 0.0440. The molecule has 2 aliphatic heterocycles. The van der Waals surface area contributed by atoms with Gasteiger partial charge in [-0.2, -0.15) is 0 Å². The molecule has 0 saturated carbocycles. The van der Waals surface area contributed by atoms with Gasteiger partial charge in [0.2, 0.25) is 9.84 Å². The fourth-order valence-electron chi connectivity index (χ4n) is 5.11. The Morgan fingerprint density at radius 1 is 0.491 bits per heavy atom. The number of amides is 4. The van der Waals surface area contributed by atoms with Gasteiger partial charge in [-0.05, 0) is 47.5 Å². The van der Waals surface area contributed by atoms with Crippen LogP contribution in [0.25, 0.3) is 20.9 Å². The molecule has 2 aliphatic rings. The van der Waals surface area contributed by atoms with Crippen LogP contribution in [0, 0.1) is 0 Å². The normalized spacial score (nSPS) is 13.7. The van der Waals surface area contributed by atoms with Crippen LogP contribution in [0.5, 0.6) is 0 Å². The highest BCUT2D eigenvalue weighted by molar-refractivity contribution is 7.91. The average molecular weight is 759 g/mol. The molecule has 0 aliphatic carbocycles. The second-order valence-electron chi connectivity index (χ2n) is 11.0. The summed E-state index contributed by atoms with van der Waals surface area (Å²) >= 11 is 0. The van der Waals surface area contributed by atoms with Crippen molar-refractivity contribution in [3.63, 3.8) is 0 Å². The first-order valence-electron chi connectivity index (χ1n) is 16.5. The van der Waals surface area contributed by atoms with E-state index in [0.29, 0.717) is 26.4 Å². The Balaban J connectivity index is 1.24. The number of carbonyl (C=O) groups is 4. The van der Waals surface area contributed by atoms with Crippen LogP contribution < -0.4 is 0 Å². The molecule has 0 spiro atoms. The predicted octanol–water partition coefficient (Wildman–Crippen LogP) is 2.43. The van der Waals surface area contributed by atoms with E-state index in [1.165, 1.54) is 24.3 Å². The topological polar surface area (TPSA) is 262 Å². The molecule has 0 aromatic heterocycles. The third kappa shape index (κ3) is 11.0. The van der Waals surface area contributed by atoms with Crippen LogP contribution in [0.15, 0.2) is 56.4 Å². The van der Waals surface area contributed by atoms with E-state index < -0.39 is 33.5 Å². The fraction of sp³-hybridized carbons (Fsp3) is 0.500. The second-order valence-corrected chi connectivity index (χ2v) is 13.0. The van der Waals surface area contributed by atoms with Gasteiger partial charge in [0.1, 0.15) is 0 Å². The Kier molecular flexibility index (Phi) is 16.1. The Hall–Kier alpha value is -4.95. The van der Waals surface area contributed by atoms with Crippen molar-refractivity contribution in [2.75, 3.05) is 105 Å². The molecule has 0 bridgehead atoms. The number of hydrogen-bond donors (Lipinski definition) is 0. The van der Waals surface area contributed by atoms with Gasteiger partial charge in [-0.3, -0.25) is 29.0 Å². The Labute approximate surface area is 304 Å². The molecular weight excluding hydrogens is 720 g/mol. The van der Waals surface area contributed by atoms with Crippen LogP contribution in [-0.2, 0) is 38.3 Å². The van der Waals surface area contributed by atoms with Crippen LogP contribution in [0.2, 0.25) is 0 Å². The van der Waals surface area contributed by atoms with Gasteiger partial charge < -0.3 is 28.4 Å². The predicted molar refractivity (Wildman–Crippen MR) is 182 cm³/mol. The van der Waals surface area contributed by atoms with E-state index in [9.17, 15) is 27.6 Å². The Morgan fingerprint density at radius 2 is 0.811 bits per heavy atom. The molecule has 0 saturated heterocycles. The van der Waals surface area contributed by atoms with Crippen molar-refractivity contribution in [1.82, 2.24) is 9.80 Å². The first-order valence-corrected chi connectivity index (χ1v) is 17.9. The van der Waals surface area contributed by atoms with E-state index in [4.69, 9.17) is 39.5 Å². The molecule has 2 aromatic rings. The van der Waals surface area contributed by atoms with Crippen molar-refractivity contribution in [2.24, 2.45) is 10.2 Å². The van der Waals surface area contributed by atoms with Crippen LogP contribution in [0.1, 0.15) is 41.4 Å². The van der Waals surface area contributed by atoms with Crippen LogP contribution in [0.4, 0.5) is 0 Å². The van der Waals surface area contributed by atoms with Crippen LogP contribution in [0.3, 0.4) is 0 Å². The van der Waals surface area contributed by atoms with E-state index in [2.05, 4.69) is 20.1 Å². The average Bonchev–Trinajstić information content (AvgIpc) is 3.54. The molecule has 0 radical (unpaired) electrons. The number of sulfone groups is 1. The van der Waals surface area contributed by atoms with Gasteiger partial charge in [-0.15, -0.1) is 0 Å². The number of azide groups is 2.